The first-order valence-electron chi connectivity index (χ1n) is 10.00. The molecule has 0 amide bonds. The zero-order valence-corrected chi connectivity index (χ0v) is 18.9. The molecule has 1 aliphatic rings. The first kappa shape index (κ1) is 20.1. The normalized spacial score (nSPS) is 16.5. The Morgan fingerprint density at radius 2 is 1.90 bits per heavy atom. The van der Waals surface area contributed by atoms with Crippen LogP contribution in [0.4, 0.5) is 0 Å². The second kappa shape index (κ2) is 9.51. The van der Waals surface area contributed by atoms with E-state index in [9.17, 15) is 0 Å². The van der Waals surface area contributed by atoms with E-state index in [1.807, 2.05) is 6.07 Å². The lowest BCUT2D eigenvalue weighted by atomic mass is 10.2. The third-order valence-corrected chi connectivity index (χ3v) is 8.42. The van der Waals surface area contributed by atoms with Crippen molar-refractivity contribution in [1.29, 1.82) is 0 Å². The Hall–Kier alpha value is -1.87. The van der Waals surface area contributed by atoms with Crippen LogP contribution in [-0.4, -0.2) is 38.7 Å². The largest absolute Gasteiger partial charge is 0.381 e. The average molecular weight is 455 g/mol. The molecule has 2 aromatic carbocycles. The molecule has 5 rings (SSSR count). The molecule has 0 radical (unpaired) electrons. The summed E-state index contributed by atoms with van der Waals surface area (Å²) in [7, 11) is 0. The highest BCUT2D eigenvalue weighted by Gasteiger charge is 2.19. The molecule has 4 aromatic rings. The van der Waals surface area contributed by atoms with Crippen LogP contribution in [0, 0.1) is 5.92 Å². The Labute approximate surface area is 188 Å². The summed E-state index contributed by atoms with van der Waals surface area (Å²) in [5.74, 6) is 3.38. The molecule has 154 valence electrons. The molecule has 5 nitrogen and oxygen atoms in total. The van der Waals surface area contributed by atoms with Crippen LogP contribution in [0.15, 0.2) is 64.1 Å². The maximum absolute atomic E-state index is 5.52. The Kier molecular flexibility index (Phi) is 6.36. The Balaban J connectivity index is 1.34. The van der Waals surface area contributed by atoms with Gasteiger partial charge >= 0.3 is 0 Å². The standard InChI is InChI=1S/C22H22N4OS3/c1-2-6-16(7-3-1)12-26-20(24-25-21(26)28-14-17-10-11-27-13-17)15-29-22-23-18-8-4-5-9-19(18)30-22/h1-9,17H,10-15H2. The van der Waals surface area contributed by atoms with E-state index in [1.165, 1.54) is 10.3 Å². The first-order chi connectivity index (χ1) is 14.8. The lowest BCUT2D eigenvalue weighted by molar-refractivity contribution is 0.189. The summed E-state index contributed by atoms with van der Waals surface area (Å²) in [6, 6.07) is 18.8. The summed E-state index contributed by atoms with van der Waals surface area (Å²) < 4.78 is 10.1. The highest BCUT2D eigenvalue weighted by atomic mass is 32.2. The fraction of sp³-hybridized carbons (Fsp3) is 0.318. The molecule has 1 atom stereocenters. The summed E-state index contributed by atoms with van der Waals surface area (Å²) in [5, 5.41) is 10.1. The van der Waals surface area contributed by atoms with E-state index in [0.29, 0.717) is 5.92 Å². The van der Waals surface area contributed by atoms with Gasteiger partial charge in [-0.05, 0) is 30.0 Å². The van der Waals surface area contributed by atoms with E-state index in [4.69, 9.17) is 9.72 Å². The van der Waals surface area contributed by atoms with E-state index in [1.54, 1.807) is 34.9 Å². The molecule has 30 heavy (non-hydrogen) atoms. The summed E-state index contributed by atoms with van der Waals surface area (Å²) in [5.41, 5.74) is 2.32. The molecule has 1 fully saturated rings. The molecule has 0 spiro atoms. The Bertz CT molecular complexity index is 1070. The number of thioether (sulfide) groups is 2. The van der Waals surface area contributed by atoms with Gasteiger partial charge in [-0.3, -0.25) is 0 Å². The van der Waals surface area contributed by atoms with Gasteiger partial charge in [0.15, 0.2) is 9.50 Å². The predicted octanol–water partition coefficient (Wildman–Crippen LogP) is 5.36. The van der Waals surface area contributed by atoms with E-state index in [2.05, 4.69) is 63.3 Å². The van der Waals surface area contributed by atoms with Crippen molar-refractivity contribution in [3.8, 4) is 0 Å². The van der Waals surface area contributed by atoms with Gasteiger partial charge in [0.25, 0.3) is 0 Å². The highest BCUT2D eigenvalue weighted by molar-refractivity contribution is 8.00. The number of thiazole rings is 1. The number of rotatable bonds is 8. The quantitative estimate of drug-likeness (QED) is 0.334. The van der Waals surface area contributed by atoms with Gasteiger partial charge in [0.2, 0.25) is 0 Å². The second-order valence-corrected chi connectivity index (χ2v) is 10.5. The van der Waals surface area contributed by atoms with Crippen molar-refractivity contribution in [2.45, 2.75) is 28.2 Å². The third-order valence-electron chi connectivity index (χ3n) is 5.05. The van der Waals surface area contributed by atoms with E-state index in [-0.39, 0.29) is 0 Å². The molecule has 0 aliphatic carbocycles. The van der Waals surface area contributed by atoms with E-state index < -0.39 is 0 Å². The molecule has 1 aliphatic heterocycles. The number of hydrogen-bond acceptors (Lipinski definition) is 7. The number of ether oxygens (including phenoxy) is 1. The molecule has 1 unspecified atom stereocenters. The number of fused-ring (bicyclic) bond motifs is 1. The van der Waals surface area contributed by atoms with Crippen LogP contribution in [0.2, 0.25) is 0 Å². The van der Waals surface area contributed by atoms with Crippen molar-refractivity contribution in [2.75, 3.05) is 19.0 Å². The van der Waals surface area contributed by atoms with Crippen molar-refractivity contribution in [1.82, 2.24) is 19.7 Å². The van der Waals surface area contributed by atoms with Crippen LogP contribution in [0.25, 0.3) is 10.2 Å². The molecule has 1 saturated heterocycles. The summed E-state index contributed by atoms with van der Waals surface area (Å²) in [6.07, 6.45) is 1.14. The van der Waals surface area contributed by atoms with Gasteiger partial charge in [-0.1, -0.05) is 66.0 Å². The first-order valence-corrected chi connectivity index (χ1v) is 12.8. The molecule has 3 heterocycles. The number of para-hydroxylation sites is 1. The minimum absolute atomic E-state index is 0.609. The van der Waals surface area contributed by atoms with Crippen LogP contribution in [0.5, 0.6) is 0 Å². The van der Waals surface area contributed by atoms with Gasteiger partial charge in [0.05, 0.1) is 29.1 Å². The van der Waals surface area contributed by atoms with Gasteiger partial charge in [-0.2, -0.15) is 0 Å². The lowest BCUT2D eigenvalue weighted by Crippen LogP contribution is -2.08. The topological polar surface area (TPSA) is 52.8 Å². The van der Waals surface area contributed by atoms with Gasteiger partial charge in [0, 0.05) is 12.4 Å². The zero-order valence-electron chi connectivity index (χ0n) is 16.4. The monoisotopic (exact) mass is 454 g/mol. The maximum Gasteiger partial charge on any atom is 0.191 e. The van der Waals surface area contributed by atoms with Crippen molar-refractivity contribution >= 4 is 45.1 Å². The highest BCUT2D eigenvalue weighted by Crippen LogP contribution is 2.32. The number of nitrogens with zero attached hydrogens (tertiary/aromatic N) is 4. The SMILES string of the molecule is c1ccc(Cn2c(CSc3nc4ccccc4s3)nnc2SCC2CCOC2)cc1. The average Bonchev–Trinajstić information content (AvgIpc) is 3.52. The van der Waals surface area contributed by atoms with Gasteiger partial charge < -0.3 is 9.30 Å². The van der Waals surface area contributed by atoms with Crippen molar-refractivity contribution in [3.05, 3.63) is 66.0 Å². The minimum Gasteiger partial charge on any atom is -0.381 e. The lowest BCUT2D eigenvalue weighted by Gasteiger charge is -2.11. The second-order valence-electron chi connectivity index (χ2n) is 7.25. The zero-order chi connectivity index (χ0) is 20.2. The van der Waals surface area contributed by atoms with Gasteiger partial charge in [-0.15, -0.1) is 21.5 Å². The van der Waals surface area contributed by atoms with E-state index >= 15 is 0 Å². The molecule has 2 aromatic heterocycles. The van der Waals surface area contributed by atoms with Crippen molar-refractivity contribution in [2.24, 2.45) is 5.92 Å². The van der Waals surface area contributed by atoms with Gasteiger partial charge in [-0.25, -0.2) is 4.98 Å². The van der Waals surface area contributed by atoms with Crippen LogP contribution in [0.3, 0.4) is 0 Å². The number of hydrogen-bond donors (Lipinski definition) is 0. The molecular weight excluding hydrogens is 432 g/mol. The molecule has 0 bridgehead atoms. The summed E-state index contributed by atoms with van der Waals surface area (Å²) in [4.78, 5) is 4.74. The van der Waals surface area contributed by atoms with Crippen LogP contribution in [0.1, 0.15) is 17.8 Å². The van der Waals surface area contributed by atoms with Crippen LogP contribution in [-0.2, 0) is 17.0 Å². The van der Waals surface area contributed by atoms with Crippen molar-refractivity contribution < 1.29 is 4.74 Å². The number of aromatic nitrogens is 4. The summed E-state index contributed by atoms with van der Waals surface area (Å²) >= 11 is 5.27. The van der Waals surface area contributed by atoms with Gasteiger partial charge in [0.1, 0.15) is 5.82 Å². The fourth-order valence-corrected chi connectivity index (χ4v) is 6.48. The Morgan fingerprint density at radius 3 is 2.73 bits per heavy atom. The molecule has 8 heteroatoms. The van der Waals surface area contributed by atoms with E-state index in [0.717, 1.165) is 58.5 Å². The van der Waals surface area contributed by atoms with Crippen LogP contribution < -0.4 is 0 Å². The maximum atomic E-state index is 5.52. The summed E-state index contributed by atoms with van der Waals surface area (Å²) in [6.45, 7) is 2.53. The Morgan fingerprint density at radius 1 is 1.03 bits per heavy atom. The minimum atomic E-state index is 0.609. The fourth-order valence-electron chi connectivity index (χ4n) is 3.40. The molecular formula is C22H22N4OS3. The smallest absolute Gasteiger partial charge is 0.191 e. The number of benzene rings is 2. The van der Waals surface area contributed by atoms with Crippen LogP contribution >= 0.6 is 34.9 Å². The third kappa shape index (κ3) is 4.72. The van der Waals surface area contributed by atoms with Crippen molar-refractivity contribution in [3.63, 3.8) is 0 Å². The molecule has 0 N–H and O–H groups in total. The molecule has 0 saturated carbocycles. The predicted molar refractivity (Wildman–Crippen MR) is 124 cm³/mol.